The minimum absolute atomic E-state index is 0.162. The molecule has 0 unspecified atom stereocenters. The van der Waals surface area contributed by atoms with E-state index < -0.39 is 18.4 Å². The van der Waals surface area contributed by atoms with Crippen LogP contribution in [-0.2, 0) is 4.74 Å². The Balaban J connectivity index is 1.32. The third-order valence-corrected chi connectivity index (χ3v) is 8.23. The van der Waals surface area contributed by atoms with Crippen molar-refractivity contribution in [1.29, 1.82) is 0 Å². The van der Waals surface area contributed by atoms with E-state index in [4.69, 9.17) is 19.9 Å². The van der Waals surface area contributed by atoms with E-state index in [0.717, 1.165) is 18.8 Å². The van der Waals surface area contributed by atoms with Crippen LogP contribution < -0.4 is 16.1 Å². The number of rotatable bonds is 5. The lowest BCUT2D eigenvalue weighted by atomic mass is 10.0. The first-order chi connectivity index (χ1) is 21.4. The summed E-state index contributed by atoms with van der Waals surface area (Å²) in [6, 6.07) is 12.8. The number of aliphatic hydroxyl groups is 2. The van der Waals surface area contributed by atoms with E-state index in [-0.39, 0.29) is 24.3 Å². The van der Waals surface area contributed by atoms with Crippen LogP contribution >= 0.6 is 0 Å². The van der Waals surface area contributed by atoms with Crippen molar-refractivity contribution in [3.8, 4) is 23.3 Å². The number of anilines is 2. The van der Waals surface area contributed by atoms with E-state index in [2.05, 4.69) is 40.6 Å². The fraction of sp³-hybridized carbons (Fsp3) is 0.273. The first kappa shape index (κ1) is 27.8. The molecule has 2 aromatic heterocycles. The molecule has 1 aliphatic carbocycles. The number of nitrogens with zero attached hydrogens (tertiary/aromatic N) is 5. The molecule has 4 aromatic rings. The van der Waals surface area contributed by atoms with Gasteiger partial charge in [-0.25, -0.2) is 15.0 Å². The maximum atomic E-state index is 13.1. The molecule has 4 N–H and O–H groups in total. The van der Waals surface area contributed by atoms with Crippen LogP contribution in [0, 0.1) is 11.8 Å². The smallest absolute Gasteiger partial charge is 0.190 e. The SMILES string of the molecule is CCN(CC)c1ccc2nc3c4cc(C#Cc5cn([C@H]6C[C@@H](O)[C@@H](CO)O6)c6ncnc(N)c56)ccc4c(=O)cc-3oc2c1. The van der Waals surface area contributed by atoms with E-state index in [0.29, 0.717) is 55.5 Å². The first-order valence-corrected chi connectivity index (χ1v) is 14.5. The molecular weight excluding hydrogens is 560 g/mol. The Kier molecular flexibility index (Phi) is 6.89. The van der Waals surface area contributed by atoms with Gasteiger partial charge in [-0.15, -0.1) is 0 Å². The minimum Gasteiger partial charge on any atom is -0.453 e. The van der Waals surface area contributed by atoms with Crippen molar-refractivity contribution in [3.63, 3.8) is 0 Å². The second-order valence-electron chi connectivity index (χ2n) is 10.8. The van der Waals surface area contributed by atoms with Crippen LogP contribution in [0.15, 0.2) is 64.2 Å². The van der Waals surface area contributed by atoms with Crippen molar-refractivity contribution in [3.05, 3.63) is 76.3 Å². The van der Waals surface area contributed by atoms with Gasteiger partial charge < -0.3 is 34.6 Å². The van der Waals surface area contributed by atoms with Crippen molar-refractivity contribution in [2.24, 2.45) is 0 Å². The Morgan fingerprint density at radius 1 is 1.09 bits per heavy atom. The summed E-state index contributed by atoms with van der Waals surface area (Å²) in [6.07, 6.45) is 1.37. The molecule has 0 spiro atoms. The van der Waals surface area contributed by atoms with Gasteiger partial charge in [0.1, 0.15) is 41.3 Å². The number of nitrogen functional groups attached to an aromatic ring is 1. The summed E-state index contributed by atoms with van der Waals surface area (Å²) in [6.45, 7) is 5.64. The summed E-state index contributed by atoms with van der Waals surface area (Å²) >= 11 is 0. The molecule has 11 heteroatoms. The highest BCUT2D eigenvalue weighted by Gasteiger charge is 2.35. The predicted molar refractivity (Wildman–Crippen MR) is 168 cm³/mol. The molecule has 3 aliphatic rings. The van der Waals surface area contributed by atoms with Gasteiger partial charge in [0.25, 0.3) is 0 Å². The Morgan fingerprint density at radius 2 is 1.93 bits per heavy atom. The molecular formula is C33H30N6O5. The summed E-state index contributed by atoms with van der Waals surface area (Å²) in [5, 5.41) is 21.6. The highest BCUT2D eigenvalue weighted by molar-refractivity contribution is 5.98. The van der Waals surface area contributed by atoms with Gasteiger partial charge in [-0.1, -0.05) is 11.8 Å². The molecule has 1 saturated heterocycles. The number of aliphatic hydroxyl groups excluding tert-OH is 2. The van der Waals surface area contributed by atoms with E-state index in [9.17, 15) is 15.0 Å². The van der Waals surface area contributed by atoms with Gasteiger partial charge in [0.05, 0.1) is 23.7 Å². The van der Waals surface area contributed by atoms with E-state index in [1.165, 1.54) is 12.4 Å². The predicted octanol–water partition coefficient (Wildman–Crippen LogP) is 3.66. The Hall–Kier alpha value is -5.02. The van der Waals surface area contributed by atoms with Crippen LogP contribution in [0.2, 0.25) is 0 Å². The minimum atomic E-state index is -0.809. The monoisotopic (exact) mass is 590 g/mol. The lowest BCUT2D eigenvalue weighted by Crippen LogP contribution is -2.24. The van der Waals surface area contributed by atoms with Gasteiger partial charge in [-0.05, 0) is 44.2 Å². The van der Waals surface area contributed by atoms with Crippen LogP contribution in [0.1, 0.15) is 37.6 Å². The van der Waals surface area contributed by atoms with Gasteiger partial charge in [-0.3, -0.25) is 4.79 Å². The lowest BCUT2D eigenvalue weighted by Gasteiger charge is -2.21. The molecule has 222 valence electrons. The van der Waals surface area contributed by atoms with Crippen molar-refractivity contribution < 1.29 is 19.4 Å². The number of ether oxygens (including phenoxy) is 1. The summed E-state index contributed by atoms with van der Waals surface area (Å²) in [4.78, 5) is 28.7. The van der Waals surface area contributed by atoms with Crippen molar-refractivity contribution in [2.45, 2.75) is 38.7 Å². The van der Waals surface area contributed by atoms with Crippen LogP contribution in [0.4, 0.5) is 11.5 Å². The number of hydrogen-bond acceptors (Lipinski definition) is 10. The zero-order valence-corrected chi connectivity index (χ0v) is 24.2. The standard InChI is InChI=1S/C33H30N6O5/c1-3-38(4-2)20-8-10-23-26(12-20)43-27-13-24(41)21-9-6-18(11-22(21)31(27)37-23)5-7-19-15-39(29-14-25(42)28(16-40)44-29)33-30(19)32(34)35-17-36-33/h6,8-13,15,17,25,28-29,40,42H,3-4,14,16H2,1-2H3,(H2,34,35,36)/t25-,28-,29-/m1/s1. The largest absolute Gasteiger partial charge is 0.453 e. The summed E-state index contributed by atoms with van der Waals surface area (Å²) in [7, 11) is 0. The number of hydrogen-bond donors (Lipinski definition) is 3. The van der Waals surface area contributed by atoms with Crippen LogP contribution in [-0.4, -0.2) is 61.6 Å². The summed E-state index contributed by atoms with van der Waals surface area (Å²) < 4.78 is 13.8. The molecule has 0 amide bonds. The number of benzene rings is 3. The normalized spacial score (nSPS) is 18.3. The molecule has 1 fully saturated rings. The first-order valence-electron chi connectivity index (χ1n) is 14.5. The Labute approximate surface area is 251 Å². The van der Waals surface area contributed by atoms with E-state index in [1.807, 2.05) is 24.3 Å². The number of fused-ring (bicyclic) bond motifs is 5. The molecule has 44 heavy (non-hydrogen) atoms. The third kappa shape index (κ3) is 4.60. The maximum absolute atomic E-state index is 13.1. The van der Waals surface area contributed by atoms with Gasteiger partial charge >= 0.3 is 0 Å². The molecule has 0 bridgehead atoms. The zero-order valence-electron chi connectivity index (χ0n) is 24.2. The number of nitrogens with two attached hydrogens (primary N) is 1. The maximum Gasteiger partial charge on any atom is 0.190 e. The second kappa shape index (κ2) is 10.9. The Morgan fingerprint density at radius 3 is 2.70 bits per heavy atom. The summed E-state index contributed by atoms with van der Waals surface area (Å²) in [5.41, 5.74) is 10.7. The molecule has 7 rings (SSSR count). The van der Waals surface area contributed by atoms with Gasteiger partial charge in [0.2, 0.25) is 0 Å². The van der Waals surface area contributed by atoms with Crippen molar-refractivity contribution in [2.75, 3.05) is 30.3 Å². The Bertz CT molecular complexity index is 2140. The molecule has 0 saturated carbocycles. The molecule has 11 nitrogen and oxygen atoms in total. The quantitative estimate of drug-likeness (QED) is 0.154. The van der Waals surface area contributed by atoms with Crippen LogP contribution in [0.3, 0.4) is 0 Å². The summed E-state index contributed by atoms with van der Waals surface area (Å²) in [5.74, 6) is 7.04. The fourth-order valence-electron chi connectivity index (χ4n) is 5.94. The third-order valence-electron chi connectivity index (χ3n) is 8.23. The number of aromatic nitrogens is 4. The fourth-order valence-corrected chi connectivity index (χ4v) is 5.94. The molecule has 0 radical (unpaired) electrons. The van der Waals surface area contributed by atoms with Crippen LogP contribution in [0.5, 0.6) is 0 Å². The molecule has 2 aliphatic heterocycles. The van der Waals surface area contributed by atoms with E-state index in [1.54, 1.807) is 22.9 Å². The van der Waals surface area contributed by atoms with E-state index >= 15 is 0 Å². The molecule has 2 aromatic carbocycles. The van der Waals surface area contributed by atoms with Crippen molar-refractivity contribution >= 4 is 44.4 Å². The van der Waals surface area contributed by atoms with Gasteiger partial charge in [0.15, 0.2) is 16.8 Å². The average Bonchev–Trinajstić information content (AvgIpc) is 3.60. The second-order valence-corrected chi connectivity index (χ2v) is 10.8. The zero-order chi connectivity index (χ0) is 30.5. The molecule has 4 heterocycles. The van der Waals surface area contributed by atoms with Gasteiger partial charge in [0, 0.05) is 59.9 Å². The highest BCUT2D eigenvalue weighted by atomic mass is 16.5. The topological polar surface area (TPSA) is 153 Å². The lowest BCUT2D eigenvalue weighted by molar-refractivity contribution is -0.0430. The molecule has 3 atom stereocenters. The van der Waals surface area contributed by atoms with Crippen molar-refractivity contribution in [1.82, 2.24) is 19.5 Å². The van der Waals surface area contributed by atoms with Gasteiger partial charge in [-0.2, -0.15) is 0 Å². The van der Waals surface area contributed by atoms with Crippen LogP contribution in [0.25, 0.3) is 44.4 Å². The highest BCUT2D eigenvalue weighted by Crippen LogP contribution is 2.35. The average molecular weight is 591 g/mol.